The minimum Gasteiger partial charge on any atom is -0.459 e. The van der Waals surface area contributed by atoms with E-state index in [1.54, 1.807) is 11.4 Å². The molecule has 0 aliphatic rings. The Morgan fingerprint density at radius 2 is 2.08 bits per heavy atom. The first-order valence-electron chi connectivity index (χ1n) is 7.81. The molecule has 1 amide bonds. The molecule has 0 fully saturated rings. The highest BCUT2D eigenvalue weighted by Gasteiger charge is 2.15. The Balaban J connectivity index is 1.57. The maximum atomic E-state index is 12.6. The molecule has 0 aliphatic heterocycles. The molecule has 26 heavy (non-hydrogen) atoms. The lowest BCUT2D eigenvalue weighted by Gasteiger charge is -2.08. The molecule has 8 heteroatoms. The first-order valence-corrected chi connectivity index (χ1v) is 8.69. The van der Waals surface area contributed by atoms with Crippen molar-refractivity contribution in [3.05, 3.63) is 59.1 Å². The van der Waals surface area contributed by atoms with Gasteiger partial charge in [0.2, 0.25) is 12.3 Å². The summed E-state index contributed by atoms with van der Waals surface area (Å²) < 4.78 is 10.8. The molecule has 0 bridgehead atoms. The van der Waals surface area contributed by atoms with E-state index in [1.807, 2.05) is 38.1 Å². The quantitative estimate of drug-likeness (QED) is 0.578. The molecule has 1 aromatic carbocycles. The summed E-state index contributed by atoms with van der Waals surface area (Å²) in [5, 5.41) is 12.8. The fraction of sp³-hybridized carbons (Fsp3) is 0.111. The van der Waals surface area contributed by atoms with E-state index in [9.17, 15) is 4.79 Å². The van der Waals surface area contributed by atoms with Crippen LogP contribution in [-0.2, 0) is 0 Å². The molecule has 7 nitrogen and oxygen atoms in total. The standard InChI is InChI=1S/C18H14N4O3S/c1-10-3-5-12(17-22-19-9-24-17)7-13(10)20-16(23)14-8-26-18(21-14)15-6-4-11(2)25-15/h3-9H,1-2H3,(H,20,23). The van der Waals surface area contributed by atoms with Crippen molar-refractivity contribution in [2.75, 3.05) is 5.32 Å². The number of aryl methyl sites for hydroxylation is 2. The van der Waals surface area contributed by atoms with Crippen LogP contribution < -0.4 is 5.32 Å². The summed E-state index contributed by atoms with van der Waals surface area (Å²) in [5.74, 6) is 1.56. The number of furan rings is 1. The first-order chi connectivity index (χ1) is 12.6. The molecule has 0 aliphatic carbocycles. The van der Waals surface area contributed by atoms with Crippen molar-refractivity contribution in [2.24, 2.45) is 0 Å². The zero-order valence-electron chi connectivity index (χ0n) is 14.0. The van der Waals surface area contributed by atoms with Gasteiger partial charge in [-0.05, 0) is 43.7 Å². The molecule has 3 aromatic heterocycles. The van der Waals surface area contributed by atoms with Crippen molar-refractivity contribution < 1.29 is 13.6 Å². The molecule has 0 spiro atoms. The van der Waals surface area contributed by atoms with Crippen LogP contribution in [0.25, 0.3) is 22.2 Å². The number of carbonyl (C=O) groups is 1. The second kappa shape index (κ2) is 6.57. The summed E-state index contributed by atoms with van der Waals surface area (Å²) in [4.78, 5) is 16.9. The van der Waals surface area contributed by atoms with Crippen LogP contribution in [0.15, 0.2) is 50.9 Å². The Bertz CT molecular complexity index is 1070. The van der Waals surface area contributed by atoms with E-state index in [4.69, 9.17) is 8.83 Å². The summed E-state index contributed by atoms with van der Waals surface area (Å²) in [7, 11) is 0. The molecule has 4 rings (SSSR count). The molecule has 1 N–H and O–H groups in total. The fourth-order valence-corrected chi connectivity index (χ4v) is 3.18. The van der Waals surface area contributed by atoms with Gasteiger partial charge in [-0.2, -0.15) is 0 Å². The van der Waals surface area contributed by atoms with Gasteiger partial charge in [0, 0.05) is 16.6 Å². The summed E-state index contributed by atoms with van der Waals surface area (Å²) in [6.45, 7) is 3.77. The van der Waals surface area contributed by atoms with Crippen LogP contribution >= 0.6 is 11.3 Å². The number of hydrogen-bond donors (Lipinski definition) is 1. The third kappa shape index (κ3) is 3.14. The van der Waals surface area contributed by atoms with Crippen molar-refractivity contribution in [1.29, 1.82) is 0 Å². The predicted molar refractivity (Wildman–Crippen MR) is 97.0 cm³/mol. The average molecular weight is 366 g/mol. The molecule has 0 atom stereocenters. The topological polar surface area (TPSA) is 94.1 Å². The molecular weight excluding hydrogens is 352 g/mol. The molecule has 4 aromatic rings. The lowest BCUT2D eigenvalue weighted by atomic mass is 10.1. The Hall–Kier alpha value is -3.26. The number of hydrogen-bond acceptors (Lipinski definition) is 7. The summed E-state index contributed by atoms with van der Waals surface area (Å²) in [6.07, 6.45) is 1.26. The van der Waals surface area contributed by atoms with Crippen molar-refractivity contribution in [2.45, 2.75) is 13.8 Å². The monoisotopic (exact) mass is 366 g/mol. The number of rotatable bonds is 4. The van der Waals surface area contributed by atoms with Gasteiger partial charge in [0.15, 0.2) is 10.8 Å². The SMILES string of the molecule is Cc1ccc(-c2nc(C(=O)Nc3cc(-c4nnco4)ccc3C)cs2)o1. The van der Waals surface area contributed by atoms with Crippen LogP contribution in [0.1, 0.15) is 21.8 Å². The second-order valence-corrected chi connectivity index (χ2v) is 6.53. The molecule has 0 saturated carbocycles. The Morgan fingerprint density at radius 3 is 2.81 bits per heavy atom. The molecule has 3 heterocycles. The van der Waals surface area contributed by atoms with Gasteiger partial charge in [-0.1, -0.05) is 6.07 Å². The molecule has 0 radical (unpaired) electrons. The third-order valence-electron chi connectivity index (χ3n) is 3.78. The van der Waals surface area contributed by atoms with E-state index in [1.165, 1.54) is 17.7 Å². The number of amides is 1. The van der Waals surface area contributed by atoms with Gasteiger partial charge in [-0.3, -0.25) is 4.79 Å². The van der Waals surface area contributed by atoms with E-state index in [0.29, 0.717) is 28.0 Å². The van der Waals surface area contributed by atoms with Gasteiger partial charge in [0.1, 0.15) is 11.5 Å². The lowest BCUT2D eigenvalue weighted by molar-refractivity contribution is 0.102. The van der Waals surface area contributed by atoms with E-state index in [-0.39, 0.29) is 5.91 Å². The molecular formula is C18H14N4O3S. The van der Waals surface area contributed by atoms with E-state index in [2.05, 4.69) is 20.5 Å². The highest BCUT2D eigenvalue weighted by Crippen LogP contribution is 2.27. The number of nitrogens with one attached hydrogen (secondary N) is 1. The minimum absolute atomic E-state index is 0.290. The van der Waals surface area contributed by atoms with Gasteiger partial charge < -0.3 is 14.2 Å². The summed E-state index contributed by atoms with van der Waals surface area (Å²) in [6, 6.07) is 9.24. The highest BCUT2D eigenvalue weighted by molar-refractivity contribution is 7.13. The molecule has 130 valence electrons. The van der Waals surface area contributed by atoms with Crippen molar-refractivity contribution >= 4 is 22.9 Å². The molecule has 0 saturated heterocycles. The number of nitrogens with zero attached hydrogens (tertiary/aromatic N) is 3. The van der Waals surface area contributed by atoms with Crippen LogP contribution in [0.4, 0.5) is 5.69 Å². The van der Waals surface area contributed by atoms with Gasteiger partial charge in [-0.25, -0.2) is 4.98 Å². The average Bonchev–Trinajstić information content (AvgIpc) is 3.37. The van der Waals surface area contributed by atoms with Crippen LogP contribution in [0.5, 0.6) is 0 Å². The number of aromatic nitrogens is 3. The van der Waals surface area contributed by atoms with Gasteiger partial charge >= 0.3 is 0 Å². The third-order valence-corrected chi connectivity index (χ3v) is 4.64. The summed E-state index contributed by atoms with van der Waals surface area (Å²) >= 11 is 1.36. The highest BCUT2D eigenvalue weighted by atomic mass is 32.1. The van der Waals surface area contributed by atoms with Crippen LogP contribution in [-0.4, -0.2) is 21.1 Å². The first kappa shape index (κ1) is 16.2. The van der Waals surface area contributed by atoms with E-state index < -0.39 is 0 Å². The maximum Gasteiger partial charge on any atom is 0.275 e. The second-order valence-electron chi connectivity index (χ2n) is 5.68. The van der Waals surface area contributed by atoms with E-state index >= 15 is 0 Å². The van der Waals surface area contributed by atoms with Crippen molar-refractivity contribution in [3.8, 4) is 22.2 Å². The lowest BCUT2D eigenvalue weighted by Crippen LogP contribution is -2.13. The van der Waals surface area contributed by atoms with Gasteiger partial charge in [-0.15, -0.1) is 21.5 Å². The normalized spacial score (nSPS) is 10.8. The van der Waals surface area contributed by atoms with Crippen LogP contribution in [0.2, 0.25) is 0 Å². The summed E-state index contributed by atoms with van der Waals surface area (Å²) in [5.41, 5.74) is 2.64. The Kier molecular flexibility index (Phi) is 4.10. The number of thiazole rings is 1. The van der Waals surface area contributed by atoms with Gasteiger partial charge in [0.05, 0.1) is 0 Å². The van der Waals surface area contributed by atoms with Crippen LogP contribution in [0, 0.1) is 13.8 Å². The number of benzene rings is 1. The van der Waals surface area contributed by atoms with Gasteiger partial charge in [0.25, 0.3) is 5.91 Å². The fourth-order valence-electron chi connectivity index (χ4n) is 2.42. The largest absolute Gasteiger partial charge is 0.459 e. The number of carbonyl (C=O) groups excluding carboxylic acids is 1. The zero-order chi connectivity index (χ0) is 18.1. The molecule has 0 unspecified atom stereocenters. The predicted octanol–water partition coefficient (Wildman–Crippen LogP) is 4.32. The Morgan fingerprint density at radius 1 is 1.19 bits per heavy atom. The Labute approximate surface area is 152 Å². The number of anilines is 1. The van der Waals surface area contributed by atoms with Crippen LogP contribution in [0.3, 0.4) is 0 Å². The zero-order valence-corrected chi connectivity index (χ0v) is 14.8. The smallest absolute Gasteiger partial charge is 0.275 e. The van der Waals surface area contributed by atoms with Crippen molar-refractivity contribution in [3.63, 3.8) is 0 Å². The van der Waals surface area contributed by atoms with E-state index in [0.717, 1.165) is 16.9 Å². The minimum atomic E-state index is -0.290. The maximum absolute atomic E-state index is 12.6. The van der Waals surface area contributed by atoms with Crippen molar-refractivity contribution in [1.82, 2.24) is 15.2 Å².